The van der Waals surface area contributed by atoms with E-state index in [0.717, 1.165) is 11.8 Å². The van der Waals surface area contributed by atoms with Crippen LogP contribution in [0.25, 0.3) is 0 Å². The van der Waals surface area contributed by atoms with Crippen molar-refractivity contribution in [2.75, 3.05) is 12.4 Å². The van der Waals surface area contributed by atoms with Crippen LogP contribution >= 0.6 is 23.4 Å². The lowest BCUT2D eigenvalue weighted by molar-refractivity contribution is -0.141. The van der Waals surface area contributed by atoms with E-state index in [-0.39, 0.29) is 28.0 Å². The fraction of sp³-hybridized carbons (Fsp3) is 0.316. The third-order valence-corrected chi connectivity index (χ3v) is 6.86. The second-order valence-corrected chi connectivity index (χ2v) is 9.00. The van der Waals surface area contributed by atoms with Crippen molar-refractivity contribution in [2.24, 2.45) is 16.6 Å². The number of amidine groups is 1. The summed E-state index contributed by atoms with van der Waals surface area (Å²) >= 11 is 6.92. The Kier molecular flexibility index (Phi) is 4.94. The summed E-state index contributed by atoms with van der Waals surface area (Å²) in [4.78, 5) is 36.9. The minimum Gasteiger partial charge on any atom is -0.468 e. The Morgan fingerprint density at radius 3 is 2.80 bits per heavy atom. The van der Waals surface area contributed by atoms with Gasteiger partial charge in [0.15, 0.2) is 5.17 Å². The Hall–Kier alpha value is -2.72. The lowest BCUT2D eigenvalue weighted by Gasteiger charge is -2.33. The fourth-order valence-corrected chi connectivity index (χ4v) is 5.30. The summed E-state index contributed by atoms with van der Waals surface area (Å²) in [6.07, 6.45) is 2.99. The summed E-state index contributed by atoms with van der Waals surface area (Å²) < 4.78 is 18.8. The number of nitrogens with zero attached hydrogens (tertiary/aromatic N) is 3. The van der Waals surface area contributed by atoms with Gasteiger partial charge in [-0.1, -0.05) is 23.4 Å². The highest BCUT2D eigenvalue weighted by Gasteiger charge is 2.71. The Morgan fingerprint density at radius 1 is 1.37 bits per heavy atom. The second-order valence-electron chi connectivity index (χ2n) is 7.22. The molecular formula is C19H17ClFN5O3S. The molecule has 0 radical (unpaired) electrons. The van der Waals surface area contributed by atoms with E-state index in [2.05, 4.69) is 20.3 Å². The molecule has 1 amide bonds. The SMILES string of the molecule is COC(=O)[C@]12C[C@H]1[C@@](C)(c1cc(NC(=O)c3ccc(Cl)cn3)cnc1F)N=C(N)S2. The largest absolute Gasteiger partial charge is 0.468 e. The molecule has 1 aliphatic carbocycles. The molecule has 4 rings (SSSR count). The molecule has 0 spiro atoms. The molecule has 0 unspecified atom stereocenters. The van der Waals surface area contributed by atoms with E-state index in [4.69, 9.17) is 22.1 Å². The highest BCUT2D eigenvalue weighted by atomic mass is 35.5. The third kappa shape index (κ3) is 3.29. The molecule has 2 aromatic rings. The number of nitrogens with one attached hydrogen (secondary N) is 1. The Balaban J connectivity index is 1.67. The smallest absolute Gasteiger partial charge is 0.322 e. The number of carbonyl (C=O) groups excluding carboxylic acids is 2. The number of carbonyl (C=O) groups is 2. The van der Waals surface area contributed by atoms with E-state index in [9.17, 15) is 14.0 Å². The van der Waals surface area contributed by atoms with E-state index in [1.54, 1.807) is 6.92 Å². The molecule has 2 aliphatic rings. The molecule has 1 saturated carbocycles. The summed E-state index contributed by atoms with van der Waals surface area (Å²) in [6, 6.07) is 4.45. The van der Waals surface area contributed by atoms with Crippen molar-refractivity contribution in [1.29, 1.82) is 0 Å². The van der Waals surface area contributed by atoms with Crippen LogP contribution in [0.15, 0.2) is 35.6 Å². The quantitative estimate of drug-likeness (QED) is 0.544. The van der Waals surface area contributed by atoms with Crippen molar-refractivity contribution in [2.45, 2.75) is 23.6 Å². The average Bonchev–Trinajstić information content (AvgIpc) is 3.45. The number of ether oxygens (including phenoxy) is 1. The standard InChI is InChI=1S/C19H17ClFN5O3S/c1-18(13-6-19(13,16(28)29-2)30-17(22)26-18)11-5-10(8-24-14(11)21)25-15(27)12-4-3-9(20)7-23-12/h3-5,7-8,13H,6H2,1-2H3,(H2,22,26)(H,25,27)/t13-,18+,19-/m0/s1. The first kappa shape index (κ1) is 20.5. The van der Waals surface area contributed by atoms with Gasteiger partial charge in [-0.2, -0.15) is 4.39 Å². The molecule has 3 heterocycles. The number of hydrogen-bond donors (Lipinski definition) is 2. The topological polar surface area (TPSA) is 120 Å². The fourth-order valence-electron chi connectivity index (χ4n) is 3.79. The van der Waals surface area contributed by atoms with Crippen LogP contribution < -0.4 is 11.1 Å². The minimum atomic E-state index is -1.14. The number of methoxy groups -OCH3 is 1. The van der Waals surface area contributed by atoms with Crippen molar-refractivity contribution < 1.29 is 18.7 Å². The van der Waals surface area contributed by atoms with E-state index >= 15 is 0 Å². The monoisotopic (exact) mass is 449 g/mol. The van der Waals surface area contributed by atoms with Gasteiger partial charge in [0, 0.05) is 17.7 Å². The van der Waals surface area contributed by atoms with Crippen LogP contribution in [0, 0.1) is 11.9 Å². The van der Waals surface area contributed by atoms with Crippen LogP contribution in [0.2, 0.25) is 5.02 Å². The maximum atomic E-state index is 14.7. The maximum absolute atomic E-state index is 14.7. The van der Waals surface area contributed by atoms with Crippen LogP contribution in [-0.2, 0) is 15.1 Å². The summed E-state index contributed by atoms with van der Waals surface area (Å²) in [5.41, 5.74) is 5.36. The Bertz CT molecular complexity index is 1080. The van der Waals surface area contributed by atoms with Gasteiger partial charge in [-0.25, -0.2) is 9.97 Å². The number of hydrogen-bond acceptors (Lipinski definition) is 8. The molecule has 30 heavy (non-hydrogen) atoms. The first-order valence-electron chi connectivity index (χ1n) is 8.91. The lowest BCUT2D eigenvalue weighted by Crippen LogP contribution is -2.40. The molecule has 156 valence electrons. The number of rotatable bonds is 4. The van der Waals surface area contributed by atoms with Gasteiger partial charge in [0.1, 0.15) is 10.4 Å². The molecule has 1 fully saturated rings. The predicted molar refractivity (Wildman–Crippen MR) is 111 cm³/mol. The van der Waals surface area contributed by atoms with Gasteiger partial charge in [0.05, 0.1) is 29.6 Å². The van der Waals surface area contributed by atoms with Crippen LogP contribution in [0.4, 0.5) is 10.1 Å². The Labute approximate surface area is 180 Å². The van der Waals surface area contributed by atoms with Gasteiger partial charge in [0.25, 0.3) is 5.91 Å². The first-order valence-corrected chi connectivity index (χ1v) is 10.1. The first-order chi connectivity index (χ1) is 14.2. The van der Waals surface area contributed by atoms with Crippen molar-refractivity contribution in [3.8, 4) is 0 Å². The molecular weight excluding hydrogens is 433 g/mol. The molecule has 3 N–H and O–H groups in total. The van der Waals surface area contributed by atoms with Crippen molar-refractivity contribution >= 4 is 46.1 Å². The third-order valence-electron chi connectivity index (χ3n) is 5.35. The summed E-state index contributed by atoms with van der Waals surface area (Å²) in [6.45, 7) is 1.70. The minimum absolute atomic E-state index is 0.128. The molecule has 0 bridgehead atoms. The molecule has 8 nitrogen and oxygen atoms in total. The van der Waals surface area contributed by atoms with Gasteiger partial charge in [-0.15, -0.1) is 0 Å². The molecule has 0 saturated heterocycles. The van der Waals surface area contributed by atoms with E-state index in [1.165, 1.54) is 37.7 Å². The van der Waals surface area contributed by atoms with Gasteiger partial charge >= 0.3 is 5.97 Å². The number of aromatic nitrogens is 2. The number of amides is 1. The molecule has 2 aromatic heterocycles. The van der Waals surface area contributed by atoms with Crippen molar-refractivity contribution in [3.05, 3.63) is 52.8 Å². The van der Waals surface area contributed by atoms with Gasteiger partial charge < -0.3 is 15.8 Å². The second kappa shape index (κ2) is 7.21. The number of nitrogens with two attached hydrogens (primary N) is 1. The van der Waals surface area contributed by atoms with Crippen LogP contribution in [0.5, 0.6) is 0 Å². The molecule has 1 aliphatic heterocycles. The van der Waals surface area contributed by atoms with E-state index < -0.39 is 28.1 Å². The van der Waals surface area contributed by atoms with Crippen LogP contribution in [-0.4, -0.2) is 38.9 Å². The van der Waals surface area contributed by atoms with E-state index in [0.29, 0.717) is 11.4 Å². The molecule has 11 heteroatoms. The maximum Gasteiger partial charge on any atom is 0.322 e. The predicted octanol–water partition coefficient (Wildman–Crippen LogP) is 2.73. The number of anilines is 1. The average molecular weight is 450 g/mol. The molecule has 0 aromatic carbocycles. The van der Waals surface area contributed by atoms with Crippen molar-refractivity contribution in [3.63, 3.8) is 0 Å². The van der Waals surface area contributed by atoms with E-state index in [1.807, 2.05) is 0 Å². The summed E-state index contributed by atoms with van der Waals surface area (Å²) in [7, 11) is 1.30. The zero-order valence-electron chi connectivity index (χ0n) is 16.0. The summed E-state index contributed by atoms with van der Waals surface area (Å²) in [5.74, 6) is -2.01. The number of halogens is 2. The Morgan fingerprint density at radius 2 is 2.13 bits per heavy atom. The van der Waals surface area contributed by atoms with Crippen LogP contribution in [0.1, 0.15) is 29.4 Å². The van der Waals surface area contributed by atoms with Crippen LogP contribution in [0.3, 0.4) is 0 Å². The summed E-state index contributed by atoms with van der Waals surface area (Å²) in [5, 5.41) is 3.19. The number of pyridine rings is 2. The highest BCUT2D eigenvalue weighted by molar-refractivity contribution is 8.15. The van der Waals surface area contributed by atoms with Gasteiger partial charge in [-0.3, -0.25) is 14.6 Å². The number of esters is 1. The molecule has 3 atom stereocenters. The van der Waals surface area contributed by atoms with Crippen molar-refractivity contribution in [1.82, 2.24) is 9.97 Å². The highest BCUT2D eigenvalue weighted by Crippen LogP contribution is 2.66. The van der Waals surface area contributed by atoms with Gasteiger partial charge in [0.2, 0.25) is 5.95 Å². The number of fused-ring (bicyclic) bond motifs is 1. The lowest BCUT2D eigenvalue weighted by atomic mass is 9.86. The normalized spacial score (nSPS) is 26.9. The number of aliphatic imine (C=N–C) groups is 1. The van der Waals surface area contributed by atoms with Gasteiger partial charge in [-0.05, 0) is 31.5 Å². The zero-order chi connectivity index (χ0) is 21.7. The number of thioether (sulfide) groups is 1. The zero-order valence-corrected chi connectivity index (χ0v) is 17.6.